The van der Waals surface area contributed by atoms with Crippen LogP contribution in [0.1, 0.15) is 18.3 Å². The van der Waals surface area contributed by atoms with Crippen molar-refractivity contribution in [2.45, 2.75) is 20.3 Å². The van der Waals surface area contributed by atoms with E-state index in [0.29, 0.717) is 12.3 Å². The number of rotatable bonds is 5. The first-order valence-corrected chi connectivity index (χ1v) is 6.10. The fourth-order valence-corrected chi connectivity index (χ4v) is 2.02. The highest BCUT2D eigenvalue weighted by Gasteiger charge is 2.15. The van der Waals surface area contributed by atoms with Gasteiger partial charge < -0.3 is 9.84 Å². The Bertz CT molecular complexity index is 573. The van der Waals surface area contributed by atoms with E-state index in [0.717, 1.165) is 22.6 Å². The Morgan fingerprint density at radius 1 is 1.37 bits per heavy atom. The lowest BCUT2D eigenvalue weighted by Crippen LogP contribution is -2.02. The molecule has 5 heteroatoms. The summed E-state index contributed by atoms with van der Waals surface area (Å²) in [5.74, 6) is -0.0918. The van der Waals surface area contributed by atoms with E-state index in [2.05, 4.69) is 10.2 Å². The zero-order chi connectivity index (χ0) is 13.8. The number of aromatic nitrogens is 2. The van der Waals surface area contributed by atoms with E-state index in [1.165, 1.54) is 0 Å². The normalized spacial score (nSPS) is 10.4. The summed E-state index contributed by atoms with van der Waals surface area (Å²) in [6.07, 6.45) is -0.0904. The molecule has 0 bridgehead atoms. The molecule has 1 aromatic carbocycles. The van der Waals surface area contributed by atoms with E-state index in [4.69, 9.17) is 9.84 Å². The summed E-state index contributed by atoms with van der Waals surface area (Å²) in [6.45, 7) is 4.43. The molecular formula is C14H16N2O3. The summed E-state index contributed by atoms with van der Waals surface area (Å²) in [5.41, 5.74) is 3.20. The topological polar surface area (TPSA) is 75.2 Å². The SMILES string of the molecule is CCOc1ccc(-c2c(CC(=O)O)n[nH]c2C)cc1. The Labute approximate surface area is 111 Å². The summed E-state index contributed by atoms with van der Waals surface area (Å²) in [7, 11) is 0. The van der Waals surface area contributed by atoms with Crippen LogP contribution in [0, 0.1) is 6.92 Å². The van der Waals surface area contributed by atoms with Crippen molar-refractivity contribution in [2.24, 2.45) is 0 Å². The van der Waals surface area contributed by atoms with Gasteiger partial charge >= 0.3 is 5.97 Å². The van der Waals surface area contributed by atoms with Gasteiger partial charge in [-0.05, 0) is 31.5 Å². The lowest BCUT2D eigenvalue weighted by Gasteiger charge is -2.06. The van der Waals surface area contributed by atoms with Gasteiger partial charge in [0, 0.05) is 11.3 Å². The first kappa shape index (κ1) is 13.1. The molecule has 19 heavy (non-hydrogen) atoms. The minimum atomic E-state index is -0.890. The van der Waals surface area contributed by atoms with E-state index in [-0.39, 0.29) is 6.42 Å². The molecule has 2 rings (SSSR count). The van der Waals surface area contributed by atoms with Crippen LogP contribution in [0.5, 0.6) is 5.75 Å². The average molecular weight is 260 g/mol. The minimum Gasteiger partial charge on any atom is -0.494 e. The molecule has 0 fully saturated rings. The zero-order valence-electron chi connectivity index (χ0n) is 10.9. The number of benzene rings is 1. The molecular weight excluding hydrogens is 244 g/mol. The summed E-state index contributed by atoms with van der Waals surface area (Å²) < 4.78 is 5.39. The third-order valence-electron chi connectivity index (χ3n) is 2.79. The Morgan fingerprint density at radius 3 is 2.63 bits per heavy atom. The van der Waals surface area contributed by atoms with Gasteiger partial charge in [0.15, 0.2) is 0 Å². The van der Waals surface area contributed by atoms with Crippen molar-refractivity contribution in [1.29, 1.82) is 0 Å². The van der Waals surface area contributed by atoms with Gasteiger partial charge in [0.2, 0.25) is 0 Å². The number of nitrogens with zero attached hydrogens (tertiary/aromatic N) is 1. The van der Waals surface area contributed by atoms with Gasteiger partial charge in [-0.25, -0.2) is 0 Å². The maximum Gasteiger partial charge on any atom is 0.309 e. The number of nitrogens with one attached hydrogen (secondary N) is 1. The maximum absolute atomic E-state index is 10.8. The fraction of sp³-hybridized carbons (Fsp3) is 0.286. The predicted molar refractivity (Wildman–Crippen MR) is 71.3 cm³/mol. The number of carbonyl (C=O) groups is 1. The van der Waals surface area contributed by atoms with Crippen molar-refractivity contribution in [3.63, 3.8) is 0 Å². The lowest BCUT2D eigenvalue weighted by atomic mass is 10.0. The quantitative estimate of drug-likeness (QED) is 0.865. The number of H-pyrrole nitrogens is 1. The maximum atomic E-state index is 10.8. The van der Waals surface area contributed by atoms with Crippen molar-refractivity contribution in [3.05, 3.63) is 35.7 Å². The summed E-state index contributed by atoms with van der Waals surface area (Å²) >= 11 is 0. The van der Waals surface area contributed by atoms with Gasteiger partial charge in [0.25, 0.3) is 0 Å². The van der Waals surface area contributed by atoms with Crippen molar-refractivity contribution in [2.75, 3.05) is 6.61 Å². The molecule has 0 radical (unpaired) electrons. The minimum absolute atomic E-state index is 0.0904. The molecule has 0 aliphatic heterocycles. The number of hydrogen-bond acceptors (Lipinski definition) is 3. The van der Waals surface area contributed by atoms with Crippen molar-refractivity contribution < 1.29 is 14.6 Å². The smallest absolute Gasteiger partial charge is 0.309 e. The van der Waals surface area contributed by atoms with Gasteiger partial charge in [-0.2, -0.15) is 5.10 Å². The second kappa shape index (κ2) is 5.56. The number of carboxylic acid groups (broad SMARTS) is 1. The zero-order valence-corrected chi connectivity index (χ0v) is 10.9. The second-order valence-corrected chi connectivity index (χ2v) is 4.20. The molecule has 0 saturated carbocycles. The highest BCUT2D eigenvalue weighted by molar-refractivity contribution is 5.76. The fourth-order valence-electron chi connectivity index (χ4n) is 2.02. The molecule has 1 aromatic heterocycles. The number of aromatic amines is 1. The standard InChI is InChI=1S/C14H16N2O3/c1-3-19-11-6-4-10(5-7-11)14-9(2)15-16-12(14)8-13(17)18/h4-7H,3,8H2,1-2H3,(H,15,16)(H,17,18). The largest absolute Gasteiger partial charge is 0.494 e. The second-order valence-electron chi connectivity index (χ2n) is 4.20. The first-order chi connectivity index (χ1) is 9.11. The Hall–Kier alpha value is -2.30. The Kier molecular flexibility index (Phi) is 3.85. The van der Waals surface area contributed by atoms with Crippen LogP contribution in [-0.2, 0) is 11.2 Å². The molecule has 0 aliphatic rings. The number of aryl methyl sites for hydroxylation is 1. The van der Waals surface area contributed by atoms with Crippen LogP contribution in [0.3, 0.4) is 0 Å². The summed E-state index contributed by atoms with van der Waals surface area (Å²) in [6, 6.07) is 7.56. The summed E-state index contributed by atoms with van der Waals surface area (Å²) in [5, 5.41) is 15.8. The molecule has 0 saturated heterocycles. The molecule has 0 spiro atoms. The van der Waals surface area contributed by atoms with E-state index >= 15 is 0 Å². The highest BCUT2D eigenvalue weighted by Crippen LogP contribution is 2.27. The van der Waals surface area contributed by atoms with Gasteiger partial charge in [0.1, 0.15) is 5.75 Å². The monoisotopic (exact) mass is 260 g/mol. The van der Waals surface area contributed by atoms with Gasteiger partial charge in [0.05, 0.1) is 18.7 Å². The number of aliphatic carboxylic acids is 1. The van der Waals surface area contributed by atoms with Crippen LogP contribution in [0.2, 0.25) is 0 Å². The van der Waals surface area contributed by atoms with Crippen LogP contribution in [-0.4, -0.2) is 27.9 Å². The first-order valence-electron chi connectivity index (χ1n) is 6.10. The molecule has 100 valence electrons. The molecule has 0 amide bonds. The average Bonchev–Trinajstić information content (AvgIpc) is 2.71. The molecule has 2 aromatic rings. The van der Waals surface area contributed by atoms with Crippen molar-refractivity contribution >= 4 is 5.97 Å². The number of hydrogen-bond donors (Lipinski definition) is 2. The van der Waals surface area contributed by atoms with E-state index in [1.54, 1.807) is 0 Å². The van der Waals surface area contributed by atoms with Gasteiger partial charge in [-0.1, -0.05) is 12.1 Å². The van der Waals surface area contributed by atoms with Crippen LogP contribution in [0.4, 0.5) is 0 Å². The number of ether oxygens (including phenoxy) is 1. The van der Waals surface area contributed by atoms with Crippen LogP contribution in [0.25, 0.3) is 11.1 Å². The third-order valence-corrected chi connectivity index (χ3v) is 2.79. The lowest BCUT2D eigenvalue weighted by molar-refractivity contribution is -0.136. The Morgan fingerprint density at radius 2 is 2.05 bits per heavy atom. The molecule has 1 heterocycles. The van der Waals surface area contributed by atoms with E-state index < -0.39 is 5.97 Å². The molecule has 0 unspecified atom stereocenters. The van der Waals surface area contributed by atoms with Crippen molar-refractivity contribution in [3.8, 4) is 16.9 Å². The van der Waals surface area contributed by atoms with Gasteiger partial charge in [-0.15, -0.1) is 0 Å². The molecule has 0 atom stereocenters. The molecule has 5 nitrogen and oxygen atoms in total. The molecule has 2 N–H and O–H groups in total. The van der Waals surface area contributed by atoms with E-state index in [1.807, 2.05) is 38.1 Å². The van der Waals surface area contributed by atoms with Crippen LogP contribution >= 0.6 is 0 Å². The van der Waals surface area contributed by atoms with Crippen molar-refractivity contribution in [1.82, 2.24) is 10.2 Å². The molecule has 0 aliphatic carbocycles. The predicted octanol–water partition coefficient (Wildman–Crippen LogP) is 2.41. The van der Waals surface area contributed by atoms with Crippen LogP contribution in [0.15, 0.2) is 24.3 Å². The van der Waals surface area contributed by atoms with E-state index in [9.17, 15) is 4.79 Å². The van der Waals surface area contributed by atoms with Crippen LogP contribution < -0.4 is 4.74 Å². The van der Waals surface area contributed by atoms with Gasteiger partial charge in [-0.3, -0.25) is 9.89 Å². The Balaban J connectivity index is 2.35. The number of carboxylic acids is 1. The summed E-state index contributed by atoms with van der Waals surface area (Å²) in [4.78, 5) is 10.8. The highest BCUT2D eigenvalue weighted by atomic mass is 16.5. The third kappa shape index (κ3) is 2.93.